The number of quaternary nitrogens is 1. The average Bonchev–Trinajstić information content (AvgIpc) is 2.85. The van der Waals surface area contributed by atoms with Crippen molar-refractivity contribution >= 4 is 12.2 Å². The highest BCUT2D eigenvalue weighted by Crippen LogP contribution is 2.17. The Kier molecular flexibility index (Phi) is 5.28. The van der Waals surface area contributed by atoms with Crippen molar-refractivity contribution in [1.29, 1.82) is 0 Å². The quantitative estimate of drug-likeness (QED) is 0.664. The van der Waals surface area contributed by atoms with Crippen molar-refractivity contribution in [3.8, 4) is 11.4 Å². The highest BCUT2D eigenvalue weighted by molar-refractivity contribution is 7.71. The Hall–Kier alpha value is -1.76. The predicted octanol–water partition coefficient (Wildman–Crippen LogP) is 1.92. The van der Waals surface area contributed by atoms with E-state index in [0.717, 1.165) is 35.9 Å². The fourth-order valence-corrected chi connectivity index (χ4v) is 3.63. The second-order valence-corrected chi connectivity index (χ2v) is 6.81. The number of rotatable bonds is 5. The number of hydrogen-bond acceptors (Lipinski definition) is 3. The first-order chi connectivity index (χ1) is 11.6. The molecule has 1 aliphatic rings. The molecule has 6 heteroatoms. The Balaban J connectivity index is 1.91. The van der Waals surface area contributed by atoms with Crippen LogP contribution in [0.4, 0.5) is 0 Å². The Morgan fingerprint density at radius 1 is 1.29 bits per heavy atom. The van der Waals surface area contributed by atoms with Gasteiger partial charge in [-0.3, -0.25) is 4.57 Å². The van der Waals surface area contributed by atoms with Crippen molar-refractivity contribution in [3.63, 3.8) is 0 Å². The molecule has 24 heavy (non-hydrogen) atoms. The third-order valence-corrected chi connectivity index (χ3v) is 4.69. The number of hydrogen-bond donors (Lipinski definition) is 1. The van der Waals surface area contributed by atoms with Crippen molar-refractivity contribution in [2.75, 3.05) is 13.1 Å². The lowest BCUT2D eigenvalue weighted by molar-refractivity contribution is -0.937. The van der Waals surface area contributed by atoms with E-state index >= 15 is 0 Å². The second-order valence-electron chi connectivity index (χ2n) is 6.44. The summed E-state index contributed by atoms with van der Waals surface area (Å²) in [7, 11) is 0. The molecule has 1 aliphatic heterocycles. The lowest BCUT2D eigenvalue weighted by atomic mass is 10.2. The molecule has 128 valence electrons. The molecule has 1 aromatic carbocycles. The molecule has 3 rings (SSSR count). The molecular weight excluding hydrogens is 320 g/mol. The van der Waals surface area contributed by atoms with Gasteiger partial charge in [-0.05, 0) is 26.1 Å². The van der Waals surface area contributed by atoms with Crippen molar-refractivity contribution in [2.45, 2.75) is 39.3 Å². The van der Waals surface area contributed by atoms with Gasteiger partial charge in [-0.25, -0.2) is 0 Å². The van der Waals surface area contributed by atoms with Gasteiger partial charge >= 0.3 is 0 Å². The van der Waals surface area contributed by atoms with Crippen LogP contribution in [0.3, 0.4) is 0 Å². The fraction of sp³-hybridized carbons (Fsp3) is 0.444. The Morgan fingerprint density at radius 2 is 1.96 bits per heavy atom. The highest BCUT2D eigenvalue weighted by atomic mass is 32.1. The molecule has 2 heterocycles. The van der Waals surface area contributed by atoms with E-state index in [0.29, 0.717) is 6.54 Å². The van der Waals surface area contributed by atoms with E-state index in [9.17, 15) is 0 Å². The predicted molar refractivity (Wildman–Crippen MR) is 97.4 cm³/mol. The van der Waals surface area contributed by atoms with Crippen molar-refractivity contribution in [1.82, 2.24) is 14.3 Å². The average molecular weight is 345 g/mol. The van der Waals surface area contributed by atoms with E-state index in [2.05, 4.69) is 32.6 Å². The maximum Gasteiger partial charge on any atom is 0.203 e. The zero-order valence-electron chi connectivity index (χ0n) is 14.3. The number of aromatic nitrogens is 3. The molecule has 0 radical (unpaired) electrons. The first-order valence-corrected chi connectivity index (χ1v) is 8.82. The van der Waals surface area contributed by atoms with Crippen LogP contribution in [0.25, 0.3) is 11.4 Å². The summed E-state index contributed by atoms with van der Waals surface area (Å²) in [4.78, 5) is 1.44. The topological polar surface area (TPSA) is 36.4 Å². The van der Waals surface area contributed by atoms with Crippen molar-refractivity contribution < 1.29 is 9.64 Å². The normalized spacial score (nSPS) is 24.0. The van der Waals surface area contributed by atoms with Crippen molar-refractivity contribution in [3.05, 3.63) is 47.8 Å². The minimum atomic E-state index is 0.266. The van der Waals surface area contributed by atoms with Crippen LogP contribution >= 0.6 is 12.2 Å². The molecule has 3 atom stereocenters. The van der Waals surface area contributed by atoms with Gasteiger partial charge in [-0.15, -0.1) is 11.7 Å². The number of allylic oxidation sites excluding steroid dienone is 1. The smallest absolute Gasteiger partial charge is 0.203 e. The molecule has 5 nitrogen and oxygen atoms in total. The summed E-state index contributed by atoms with van der Waals surface area (Å²) < 4.78 is 10.6. The summed E-state index contributed by atoms with van der Waals surface area (Å²) in [6, 6.07) is 10.2. The maximum atomic E-state index is 5.83. The van der Waals surface area contributed by atoms with Crippen LogP contribution in [0, 0.1) is 4.77 Å². The molecule has 0 saturated carbocycles. The molecule has 0 aliphatic carbocycles. The van der Waals surface area contributed by atoms with Gasteiger partial charge in [0, 0.05) is 12.1 Å². The third kappa shape index (κ3) is 3.66. The van der Waals surface area contributed by atoms with Crippen LogP contribution in [0.15, 0.2) is 43.0 Å². The van der Waals surface area contributed by atoms with Gasteiger partial charge in [0.05, 0.1) is 0 Å². The molecule has 2 aromatic rings. The van der Waals surface area contributed by atoms with E-state index < -0.39 is 0 Å². The zero-order chi connectivity index (χ0) is 17.1. The lowest BCUT2D eigenvalue weighted by Crippen LogP contribution is -3.14. The number of nitrogens with one attached hydrogen (secondary N) is 1. The van der Waals surface area contributed by atoms with Gasteiger partial charge < -0.3 is 9.64 Å². The number of ether oxygens (including phenoxy) is 1. The van der Waals surface area contributed by atoms with Gasteiger partial charge in [-0.2, -0.15) is 4.68 Å². The largest absolute Gasteiger partial charge is 0.364 e. The fourth-order valence-electron chi connectivity index (χ4n) is 3.37. The molecule has 0 spiro atoms. The first kappa shape index (κ1) is 17.1. The van der Waals surface area contributed by atoms with E-state index in [1.165, 1.54) is 4.90 Å². The molecule has 1 unspecified atom stereocenters. The Bertz CT molecular complexity index is 742. The molecule has 1 saturated heterocycles. The summed E-state index contributed by atoms with van der Waals surface area (Å²) in [6.45, 7) is 11.5. The van der Waals surface area contributed by atoms with Crippen LogP contribution in [0.1, 0.15) is 13.8 Å². The molecule has 0 bridgehead atoms. The van der Waals surface area contributed by atoms with Crippen LogP contribution in [-0.4, -0.2) is 39.6 Å². The van der Waals surface area contributed by atoms with Crippen LogP contribution in [-0.2, 0) is 18.0 Å². The molecule has 0 amide bonds. The SMILES string of the molecule is C=CCn1c(-c2ccccc2)nn(C[NH+]2C[C@@H](C)O[C@@H](C)C2)c1=S. The Labute approximate surface area is 148 Å². The van der Waals surface area contributed by atoms with Gasteiger partial charge in [-0.1, -0.05) is 36.4 Å². The van der Waals surface area contributed by atoms with E-state index in [-0.39, 0.29) is 12.2 Å². The minimum absolute atomic E-state index is 0.266. The van der Waals surface area contributed by atoms with Crippen molar-refractivity contribution in [2.24, 2.45) is 0 Å². The van der Waals surface area contributed by atoms with E-state index in [1.807, 2.05) is 33.5 Å². The monoisotopic (exact) mass is 345 g/mol. The summed E-state index contributed by atoms with van der Waals surface area (Å²) in [5.74, 6) is 0.897. The summed E-state index contributed by atoms with van der Waals surface area (Å²) in [6.07, 6.45) is 2.39. The minimum Gasteiger partial charge on any atom is -0.364 e. The van der Waals surface area contributed by atoms with Gasteiger partial charge in [0.2, 0.25) is 4.77 Å². The van der Waals surface area contributed by atoms with E-state index in [1.54, 1.807) is 0 Å². The van der Waals surface area contributed by atoms with Crippen LogP contribution < -0.4 is 4.90 Å². The molecular formula is C18H25N4OS+. The zero-order valence-corrected chi connectivity index (χ0v) is 15.1. The Morgan fingerprint density at radius 3 is 2.58 bits per heavy atom. The summed E-state index contributed by atoms with van der Waals surface area (Å²) in [5, 5.41) is 4.81. The standard InChI is InChI=1S/C18H24N4OS/c1-4-10-21-17(16-8-6-5-7-9-16)19-22(18(21)24)13-20-11-14(2)23-15(3)12-20/h4-9,14-15H,1,10-13H2,2-3H3/p+1/t14-,15+. The van der Waals surface area contributed by atoms with Crippen LogP contribution in [0.2, 0.25) is 0 Å². The third-order valence-electron chi connectivity index (χ3n) is 4.26. The second kappa shape index (κ2) is 7.42. The van der Waals surface area contributed by atoms with Gasteiger partial charge in [0.15, 0.2) is 12.5 Å². The molecule has 1 fully saturated rings. The molecule has 1 N–H and O–H groups in total. The summed E-state index contributed by atoms with van der Waals surface area (Å²) >= 11 is 5.68. The van der Waals surface area contributed by atoms with Gasteiger partial charge in [0.25, 0.3) is 0 Å². The maximum absolute atomic E-state index is 5.83. The first-order valence-electron chi connectivity index (χ1n) is 8.41. The van der Waals surface area contributed by atoms with Gasteiger partial charge in [0.1, 0.15) is 25.3 Å². The highest BCUT2D eigenvalue weighted by Gasteiger charge is 2.26. The molecule has 1 aromatic heterocycles. The summed E-state index contributed by atoms with van der Waals surface area (Å²) in [5.41, 5.74) is 1.07. The van der Waals surface area contributed by atoms with E-state index in [4.69, 9.17) is 22.1 Å². The number of nitrogens with zero attached hydrogens (tertiary/aromatic N) is 3. The number of morpholine rings is 1. The lowest BCUT2D eigenvalue weighted by Gasteiger charge is -2.32. The number of benzene rings is 1. The van der Waals surface area contributed by atoms with Crippen LogP contribution in [0.5, 0.6) is 0 Å².